The van der Waals surface area contributed by atoms with E-state index in [-0.39, 0.29) is 5.24 Å². The average molecular weight is 479 g/mol. The number of nitrogens with one attached hydrogen (secondary N) is 3. The highest BCUT2D eigenvalue weighted by molar-refractivity contribution is 8.17. The summed E-state index contributed by atoms with van der Waals surface area (Å²) in [5.41, 5.74) is 3.75. The van der Waals surface area contributed by atoms with E-state index in [4.69, 9.17) is 4.42 Å². The van der Waals surface area contributed by atoms with Gasteiger partial charge in [0.15, 0.2) is 6.23 Å². The van der Waals surface area contributed by atoms with Crippen LogP contribution in [0.3, 0.4) is 0 Å². The summed E-state index contributed by atoms with van der Waals surface area (Å²) in [5.74, 6) is 0.558. The van der Waals surface area contributed by atoms with Crippen LogP contribution in [0, 0.1) is 0 Å². The Hall–Kier alpha value is -3.21. The van der Waals surface area contributed by atoms with Crippen molar-refractivity contribution in [3.63, 3.8) is 0 Å². The van der Waals surface area contributed by atoms with Crippen molar-refractivity contribution >= 4 is 29.0 Å². The van der Waals surface area contributed by atoms with E-state index in [0.717, 1.165) is 60.8 Å². The van der Waals surface area contributed by atoms with Gasteiger partial charge in [-0.15, -0.1) is 0 Å². The van der Waals surface area contributed by atoms with E-state index in [1.54, 1.807) is 37.1 Å². The zero-order valence-electron chi connectivity index (χ0n) is 18.5. The number of amides is 1. The minimum Gasteiger partial charge on any atom is -0.472 e. The van der Waals surface area contributed by atoms with E-state index in [0.29, 0.717) is 28.6 Å². The zero-order valence-corrected chi connectivity index (χ0v) is 19.3. The number of pyridine rings is 1. The minimum atomic E-state index is -0.978. The molecule has 9 nitrogen and oxygen atoms in total. The molecule has 0 spiro atoms. The fourth-order valence-electron chi connectivity index (χ4n) is 4.27. The normalized spacial score (nSPS) is 23.7. The van der Waals surface area contributed by atoms with E-state index in [1.165, 1.54) is 0 Å². The molecule has 1 aliphatic carbocycles. The molecule has 4 heterocycles. The molecule has 0 radical (unpaired) electrons. The summed E-state index contributed by atoms with van der Waals surface area (Å²) >= 11 is 0.978. The van der Waals surface area contributed by atoms with Crippen LogP contribution in [-0.4, -0.2) is 43.6 Å². The molecule has 4 N–H and O–H groups in total. The second kappa shape index (κ2) is 10.4. The number of hydrogen-bond donors (Lipinski definition) is 4. The van der Waals surface area contributed by atoms with Gasteiger partial charge in [0.1, 0.15) is 0 Å². The van der Waals surface area contributed by atoms with Gasteiger partial charge in [0.25, 0.3) is 5.24 Å². The van der Waals surface area contributed by atoms with Gasteiger partial charge in [-0.3, -0.25) is 9.78 Å². The number of thioether (sulfide) groups is 1. The van der Waals surface area contributed by atoms with Gasteiger partial charge in [-0.05, 0) is 67.3 Å². The van der Waals surface area contributed by atoms with Gasteiger partial charge in [-0.1, -0.05) is 6.07 Å². The number of nitrogens with zero attached hydrogens (tertiary/aromatic N) is 3. The molecule has 176 valence electrons. The van der Waals surface area contributed by atoms with Gasteiger partial charge in [0.05, 0.1) is 23.9 Å². The molecular weight excluding hydrogens is 452 g/mol. The van der Waals surface area contributed by atoms with Crippen LogP contribution in [0.25, 0.3) is 17.3 Å². The highest BCUT2D eigenvalue weighted by Crippen LogP contribution is 2.28. The maximum absolute atomic E-state index is 11.4. The standard InChI is InChI=1S/C24H26N6O3S/c31-22-20(34-24(32)30-22)12-19-7-10-26-23(29-19)28-18-5-3-17(4-6-18)27-13-15-2-1-9-25-21(15)16-8-11-33-14-16/h1-2,7-12,14,17-18,22,27,31H,3-6,13H2,(H,30,32)(H,26,28,29)/b20-12-. The third kappa shape index (κ3) is 5.46. The van der Waals surface area contributed by atoms with E-state index >= 15 is 0 Å². The second-order valence-corrected chi connectivity index (χ2v) is 9.43. The quantitative estimate of drug-likeness (QED) is 0.402. The van der Waals surface area contributed by atoms with E-state index in [2.05, 4.69) is 37.0 Å². The number of hydrogen-bond acceptors (Lipinski definition) is 9. The molecule has 2 fully saturated rings. The smallest absolute Gasteiger partial charge is 0.285 e. The van der Waals surface area contributed by atoms with Crippen molar-refractivity contribution in [1.82, 2.24) is 25.6 Å². The first-order chi connectivity index (χ1) is 16.6. The first-order valence-corrected chi connectivity index (χ1v) is 12.1. The molecule has 3 aromatic heterocycles. The zero-order chi connectivity index (χ0) is 23.3. The molecule has 2 aliphatic rings. The number of aliphatic hydroxyl groups excluding tert-OH is 1. The van der Waals surface area contributed by atoms with Crippen LogP contribution in [0.1, 0.15) is 36.9 Å². The Morgan fingerprint density at radius 3 is 2.76 bits per heavy atom. The lowest BCUT2D eigenvalue weighted by Gasteiger charge is -2.30. The van der Waals surface area contributed by atoms with E-state index in [9.17, 15) is 9.90 Å². The van der Waals surface area contributed by atoms with Crippen molar-refractivity contribution in [3.8, 4) is 11.3 Å². The third-order valence-corrected chi connectivity index (χ3v) is 6.91. The van der Waals surface area contributed by atoms with Gasteiger partial charge in [-0.2, -0.15) is 0 Å². The molecule has 1 amide bonds. The number of aromatic nitrogens is 3. The molecule has 1 unspecified atom stereocenters. The molecule has 1 aliphatic heterocycles. The van der Waals surface area contributed by atoms with Crippen molar-refractivity contribution in [3.05, 3.63) is 65.3 Å². The second-order valence-electron chi connectivity index (χ2n) is 8.39. The predicted molar refractivity (Wildman–Crippen MR) is 131 cm³/mol. The number of carbonyl (C=O) groups excluding carboxylic acids is 1. The molecule has 0 bridgehead atoms. The van der Waals surface area contributed by atoms with Crippen molar-refractivity contribution in [2.75, 3.05) is 5.32 Å². The maximum Gasteiger partial charge on any atom is 0.285 e. The molecule has 10 heteroatoms. The number of rotatable bonds is 7. The fourth-order valence-corrected chi connectivity index (χ4v) is 5.01. The summed E-state index contributed by atoms with van der Waals surface area (Å²) in [6.07, 6.45) is 11.7. The minimum absolute atomic E-state index is 0.266. The van der Waals surface area contributed by atoms with Crippen LogP contribution in [-0.2, 0) is 6.54 Å². The van der Waals surface area contributed by atoms with Crippen molar-refractivity contribution in [2.24, 2.45) is 0 Å². The van der Waals surface area contributed by atoms with Crippen molar-refractivity contribution in [2.45, 2.75) is 50.5 Å². The molecule has 1 saturated heterocycles. The van der Waals surface area contributed by atoms with Crippen LogP contribution in [0.2, 0.25) is 0 Å². The monoisotopic (exact) mass is 478 g/mol. The highest BCUT2D eigenvalue weighted by atomic mass is 32.2. The molecule has 3 aromatic rings. The molecule has 34 heavy (non-hydrogen) atoms. The Bertz CT molecular complexity index is 1160. The Labute approximate surface area is 201 Å². The van der Waals surface area contributed by atoms with Gasteiger partial charge >= 0.3 is 0 Å². The predicted octanol–water partition coefficient (Wildman–Crippen LogP) is 3.76. The maximum atomic E-state index is 11.4. The highest BCUT2D eigenvalue weighted by Gasteiger charge is 2.26. The molecule has 5 rings (SSSR count). The summed E-state index contributed by atoms with van der Waals surface area (Å²) in [7, 11) is 0. The van der Waals surface area contributed by atoms with E-state index in [1.807, 2.05) is 12.1 Å². The lowest BCUT2D eigenvalue weighted by atomic mass is 9.91. The number of carbonyl (C=O) groups is 1. The molecule has 1 saturated carbocycles. The van der Waals surface area contributed by atoms with Crippen LogP contribution >= 0.6 is 11.8 Å². The van der Waals surface area contributed by atoms with Gasteiger partial charge < -0.3 is 25.5 Å². The Balaban J connectivity index is 1.13. The summed E-state index contributed by atoms with van der Waals surface area (Å²) in [5, 5.41) is 19.2. The van der Waals surface area contributed by atoms with Crippen molar-refractivity contribution < 1.29 is 14.3 Å². The topological polar surface area (TPSA) is 125 Å². The van der Waals surface area contributed by atoms with Crippen LogP contribution in [0.4, 0.5) is 10.7 Å². The van der Waals surface area contributed by atoms with Crippen LogP contribution < -0.4 is 16.0 Å². The summed E-state index contributed by atoms with van der Waals surface area (Å²) in [4.78, 5) is 25.3. The lowest BCUT2D eigenvalue weighted by Crippen LogP contribution is -2.37. The van der Waals surface area contributed by atoms with Gasteiger partial charge in [0, 0.05) is 41.5 Å². The number of aliphatic hydroxyl groups is 1. The third-order valence-electron chi connectivity index (χ3n) is 6.03. The number of furan rings is 1. The average Bonchev–Trinajstić information content (AvgIpc) is 3.49. The summed E-state index contributed by atoms with van der Waals surface area (Å²) < 4.78 is 5.22. The van der Waals surface area contributed by atoms with E-state index < -0.39 is 6.23 Å². The molecular formula is C24H26N6O3S. The van der Waals surface area contributed by atoms with Crippen molar-refractivity contribution in [1.29, 1.82) is 0 Å². The Kier molecular flexibility index (Phi) is 6.89. The Morgan fingerprint density at radius 2 is 2.00 bits per heavy atom. The number of anilines is 1. The van der Waals surface area contributed by atoms with Crippen LogP contribution in [0.5, 0.6) is 0 Å². The SMILES string of the molecule is O=C1NC(O)/C(=C/c2ccnc(NC3CCC(NCc4cccnc4-c4ccoc4)CC3)n2)S1. The summed E-state index contributed by atoms with van der Waals surface area (Å²) in [6.45, 7) is 0.762. The van der Waals surface area contributed by atoms with Gasteiger partial charge in [0.2, 0.25) is 5.95 Å². The first-order valence-electron chi connectivity index (χ1n) is 11.3. The molecule has 0 aromatic carbocycles. The lowest BCUT2D eigenvalue weighted by molar-refractivity contribution is 0.192. The first kappa shape index (κ1) is 22.6. The fraction of sp³-hybridized carbons (Fsp3) is 0.333. The molecule has 1 atom stereocenters. The largest absolute Gasteiger partial charge is 0.472 e. The van der Waals surface area contributed by atoms with Crippen LogP contribution in [0.15, 0.2) is 58.5 Å². The Morgan fingerprint density at radius 1 is 1.15 bits per heavy atom. The summed E-state index contributed by atoms with van der Waals surface area (Å²) in [6, 6.07) is 8.50. The van der Waals surface area contributed by atoms with Gasteiger partial charge in [-0.25, -0.2) is 9.97 Å².